The Morgan fingerprint density at radius 2 is 1.81 bits per heavy atom. The van der Waals surface area contributed by atoms with Gasteiger partial charge in [0.25, 0.3) is 0 Å². The molecule has 2 aromatic carbocycles. The van der Waals surface area contributed by atoms with Gasteiger partial charge in [0.1, 0.15) is 0 Å². The lowest BCUT2D eigenvalue weighted by atomic mass is 10.1. The van der Waals surface area contributed by atoms with Crippen LogP contribution in [0.2, 0.25) is 0 Å². The van der Waals surface area contributed by atoms with E-state index >= 15 is 0 Å². The van der Waals surface area contributed by atoms with Crippen LogP contribution in [0.3, 0.4) is 0 Å². The van der Waals surface area contributed by atoms with Crippen LogP contribution in [-0.4, -0.2) is 5.91 Å². The first-order chi connectivity index (χ1) is 10.1. The zero-order chi connectivity index (χ0) is 15.2. The third-order valence-electron chi connectivity index (χ3n) is 3.26. The Morgan fingerprint density at radius 1 is 1.19 bits per heavy atom. The van der Waals surface area contributed by atoms with Gasteiger partial charge in [0, 0.05) is 11.7 Å². The highest BCUT2D eigenvalue weighted by atomic mass is 16.1. The third-order valence-corrected chi connectivity index (χ3v) is 3.26. The average molecular weight is 279 g/mol. The van der Waals surface area contributed by atoms with E-state index < -0.39 is 0 Å². The van der Waals surface area contributed by atoms with Crippen molar-refractivity contribution in [3.05, 3.63) is 65.2 Å². The first kappa shape index (κ1) is 14.6. The Bertz CT molecular complexity index is 654. The maximum absolute atomic E-state index is 10.9. The van der Waals surface area contributed by atoms with Crippen LogP contribution in [0.1, 0.15) is 29.7 Å². The van der Waals surface area contributed by atoms with Gasteiger partial charge in [0.05, 0.1) is 18.1 Å². The normalized spacial score (nSPS) is 11.4. The lowest BCUT2D eigenvalue weighted by Gasteiger charge is -2.16. The second-order valence-electron chi connectivity index (χ2n) is 4.94. The number of nitrogens with two attached hydrogens (primary N) is 1. The van der Waals surface area contributed by atoms with E-state index in [9.17, 15) is 4.79 Å². The van der Waals surface area contributed by atoms with E-state index in [2.05, 4.69) is 18.3 Å². The summed E-state index contributed by atoms with van der Waals surface area (Å²) in [5.41, 5.74) is 8.80. The summed E-state index contributed by atoms with van der Waals surface area (Å²) >= 11 is 0. The summed E-state index contributed by atoms with van der Waals surface area (Å²) in [5.74, 6) is -0.332. The van der Waals surface area contributed by atoms with Crippen molar-refractivity contribution >= 4 is 11.6 Å². The molecular weight excluding hydrogens is 262 g/mol. The van der Waals surface area contributed by atoms with Gasteiger partial charge in [-0.05, 0) is 42.3 Å². The van der Waals surface area contributed by atoms with Gasteiger partial charge >= 0.3 is 0 Å². The predicted molar refractivity (Wildman–Crippen MR) is 82.5 cm³/mol. The van der Waals surface area contributed by atoms with Gasteiger partial charge in [-0.3, -0.25) is 4.79 Å². The topological polar surface area (TPSA) is 78.9 Å². The van der Waals surface area contributed by atoms with E-state index in [0.29, 0.717) is 5.56 Å². The molecule has 0 saturated carbocycles. The maximum Gasteiger partial charge on any atom is 0.221 e. The zero-order valence-electron chi connectivity index (χ0n) is 11.8. The van der Waals surface area contributed by atoms with Crippen LogP contribution >= 0.6 is 0 Å². The lowest BCUT2D eigenvalue weighted by molar-refractivity contribution is -0.117. The number of nitrogens with one attached hydrogen (secondary N) is 1. The van der Waals surface area contributed by atoms with E-state index in [1.807, 2.05) is 48.5 Å². The van der Waals surface area contributed by atoms with Crippen molar-refractivity contribution in [1.82, 2.24) is 0 Å². The van der Waals surface area contributed by atoms with E-state index in [0.717, 1.165) is 16.8 Å². The summed E-state index contributed by atoms with van der Waals surface area (Å²) in [6.45, 7) is 2.05. The van der Waals surface area contributed by atoms with Crippen molar-refractivity contribution in [1.29, 1.82) is 5.26 Å². The van der Waals surface area contributed by atoms with E-state index in [-0.39, 0.29) is 18.4 Å². The fourth-order valence-electron chi connectivity index (χ4n) is 2.10. The second-order valence-corrected chi connectivity index (χ2v) is 4.94. The lowest BCUT2D eigenvalue weighted by Crippen LogP contribution is -2.13. The van der Waals surface area contributed by atoms with Gasteiger partial charge < -0.3 is 11.1 Å². The standard InChI is InChI=1S/C17H17N3O/c1-12(15-6-2-14(11-18)3-7-15)20-16-8-4-13(5-9-16)10-17(19)21/h2-9,12,20H,10H2,1H3,(H2,19,21). The Labute approximate surface area is 124 Å². The minimum Gasteiger partial charge on any atom is -0.379 e. The Morgan fingerprint density at radius 3 is 2.33 bits per heavy atom. The minimum atomic E-state index is -0.332. The van der Waals surface area contributed by atoms with E-state index in [1.165, 1.54) is 0 Å². The summed E-state index contributed by atoms with van der Waals surface area (Å²) in [4.78, 5) is 10.9. The molecule has 0 fully saturated rings. The Hall–Kier alpha value is -2.80. The molecule has 0 aliphatic heterocycles. The third kappa shape index (κ3) is 4.08. The molecule has 0 aliphatic carbocycles. The summed E-state index contributed by atoms with van der Waals surface area (Å²) in [6.07, 6.45) is 0.255. The second kappa shape index (κ2) is 6.58. The molecule has 0 bridgehead atoms. The molecule has 0 heterocycles. The van der Waals surface area contributed by atoms with Crippen LogP contribution < -0.4 is 11.1 Å². The number of carbonyl (C=O) groups is 1. The van der Waals surface area contributed by atoms with Crippen LogP contribution in [-0.2, 0) is 11.2 Å². The Kier molecular flexibility index (Phi) is 4.57. The van der Waals surface area contributed by atoms with E-state index in [1.54, 1.807) is 0 Å². The van der Waals surface area contributed by atoms with Gasteiger partial charge in [-0.25, -0.2) is 0 Å². The summed E-state index contributed by atoms with van der Waals surface area (Å²) in [7, 11) is 0. The van der Waals surface area contributed by atoms with Crippen molar-refractivity contribution in [2.45, 2.75) is 19.4 Å². The van der Waals surface area contributed by atoms with E-state index in [4.69, 9.17) is 11.0 Å². The van der Waals surface area contributed by atoms with Crippen molar-refractivity contribution in [3.63, 3.8) is 0 Å². The molecule has 4 nitrogen and oxygen atoms in total. The Balaban J connectivity index is 2.03. The number of rotatable bonds is 5. The molecule has 2 rings (SSSR count). The molecule has 21 heavy (non-hydrogen) atoms. The number of primary amides is 1. The molecule has 0 aliphatic rings. The first-order valence-corrected chi connectivity index (χ1v) is 6.72. The fraction of sp³-hybridized carbons (Fsp3) is 0.176. The molecule has 0 radical (unpaired) electrons. The van der Waals surface area contributed by atoms with Crippen LogP contribution in [0.15, 0.2) is 48.5 Å². The van der Waals surface area contributed by atoms with Crippen LogP contribution in [0.5, 0.6) is 0 Å². The molecule has 106 valence electrons. The van der Waals surface area contributed by atoms with Crippen LogP contribution in [0.25, 0.3) is 0 Å². The van der Waals surface area contributed by atoms with Crippen LogP contribution in [0, 0.1) is 11.3 Å². The first-order valence-electron chi connectivity index (χ1n) is 6.72. The minimum absolute atomic E-state index is 0.125. The molecular formula is C17H17N3O. The van der Waals surface area contributed by atoms with Gasteiger partial charge in [0.2, 0.25) is 5.91 Å². The largest absolute Gasteiger partial charge is 0.379 e. The number of nitriles is 1. The van der Waals surface area contributed by atoms with Crippen molar-refractivity contribution in [2.24, 2.45) is 5.73 Å². The molecule has 0 saturated heterocycles. The van der Waals surface area contributed by atoms with Crippen molar-refractivity contribution in [2.75, 3.05) is 5.32 Å². The molecule has 1 amide bonds. The highest BCUT2D eigenvalue weighted by Crippen LogP contribution is 2.20. The van der Waals surface area contributed by atoms with Gasteiger partial charge in [-0.15, -0.1) is 0 Å². The molecule has 0 aromatic heterocycles. The molecule has 2 aromatic rings. The van der Waals surface area contributed by atoms with Crippen molar-refractivity contribution in [3.8, 4) is 6.07 Å². The zero-order valence-corrected chi connectivity index (χ0v) is 11.8. The molecule has 0 spiro atoms. The summed E-state index contributed by atoms with van der Waals surface area (Å²) < 4.78 is 0. The fourth-order valence-corrected chi connectivity index (χ4v) is 2.10. The summed E-state index contributed by atoms with van der Waals surface area (Å²) in [5, 5.41) is 12.2. The maximum atomic E-state index is 10.9. The number of carbonyl (C=O) groups excluding carboxylic acids is 1. The number of anilines is 1. The molecule has 1 atom stereocenters. The summed E-state index contributed by atoms with van der Waals surface area (Å²) in [6, 6.07) is 17.4. The number of benzene rings is 2. The number of nitrogens with zero attached hydrogens (tertiary/aromatic N) is 1. The average Bonchev–Trinajstić information content (AvgIpc) is 2.49. The number of hydrogen-bond donors (Lipinski definition) is 2. The predicted octanol–water partition coefficient (Wildman–Crippen LogP) is 2.76. The smallest absolute Gasteiger partial charge is 0.221 e. The van der Waals surface area contributed by atoms with Gasteiger partial charge in [-0.2, -0.15) is 5.26 Å². The SMILES string of the molecule is CC(Nc1ccc(CC(N)=O)cc1)c1ccc(C#N)cc1. The highest BCUT2D eigenvalue weighted by molar-refractivity contribution is 5.76. The molecule has 3 N–H and O–H groups in total. The van der Waals surface area contributed by atoms with Crippen molar-refractivity contribution < 1.29 is 4.79 Å². The highest BCUT2D eigenvalue weighted by Gasteiger charge is 2.06. The quantitative estimate of drug-likeness (QED) is 0.883. The molecule has 4 heteroatoms. The van der Waals surface area contributed by atoms with Gasteiger partial charge in [0.15, 0.2) is 0 Å². The van der Waals surface area contributed by atoms with Gasteiger partial charge in [-0.1, -0.05) is 24.3 Å². The van der Waals surface area contributed by atoms with Crippen LogP contribution in [0.4, 0.5) is 5.69 Å². The molecule has 1 unspecified atom stereocenters. The number of amides is 1. The number of hydrogen-bond acceptors (Lipinski definition) is 3. The monoisotopic (exact) mass is 279 g/mol.